The summed E-state index contributed by atoms with van der Waals surface area (Å²) in [7, 11) is 0. The van der Waals surface area contributed by atoms with E-state index in [0.29, 0.717) is 5.56 Å². The Kier molecular flexibility index (Phi) is 4.01. The molecule has 4 heteroatoms. The highest BCUT2D eigenvalue weighted by Crippen LogP contribution is 2.27. The summed E-state index contributed by atoms with van der Waals surface area (Å²) in [4.78, 5) is 10.7. The molecular weight excluding hydrogens is 209 g/mol. The molecule has 0 radical (unpaired) electrons. The number of rotatable bonds is 4. The van der Waals surface area contributed by atoms with Gasteiger partial charge in [0.1, 0.15) is 5.82 Å². The summed E-state index contributed by atoms with van der Waals surface area (Å²) in [5.74, 6) is -1.80. The third-order valence-corrected chi connectivity index (χ3v) is 2.85. The predicted octanol–water partition coefficient (Wildman–Crippen LogP) is 1.96. The molecule has 0 saturated carbocycles. The second-order valence-electron chi connectivity index (χ2n) is 3.93. The molecule has 0 aliphatic rings. The Morgan fingerprint density at radius 2 is 2.12 bits per heavy atom. The summed E-state index contributed by atoms with van der Waals surface area (Å²) in [5.41, 5.74) is 7.68. The molecule has 0 saturated heterocycles. The van der Waals surface area contributed by atoms with Crippen LogP contribution in [-0.2, 0) is 4.79 Å². The third kappa shape index (κ3) is 2.58. The fourth-order valence-corrected chi connectivity index (χ4v) is 1.82. The molecule has 88 valence electrons. The Morgan fingerprint density at radius 1 is 1.50 bits per heavy atom. The van der Waals surface area contributed by atoms with Gasteiger partial charge in [-0.05, 0) is 43.1 Å². The Hall–Kier alpha value is -1.42. The van der Waals surface area contributed by atoms with Crippen molar-refractivity contribution in [3.8, 4) is 0 Å². The number of carboxylic acid groups (broad SMARTS) is 1. The zero-order chi connectivity index (χ0) is 12.3. The number of hydrogen-bond donors (Lipinski definition) is 2. The van der Waals surface area contributed by atoms with Gasteiger partial charge in [0.05, 0.1) is 6.42 Å². The molecule has 3 nitrogen and oxygen atoms in total. The minimum absolute atomic E-state index is 0.132. The van der Waals surface area contributed by atoms with Gasteiger partial charge in [-0.2, -0.15) is 0 Å². The first-order valence-electron chi connectivity index (χ1n) is 5.14. The molecule has 0 aromatic heterocycles. The first-order chi connectivity index (χ1) is 7.47. The van der Waals surface area contributed by atoms with Crippen LogP contribution in [0.3, 0.4) is 0 Å². The van der Waals surface area contributed by atoms with Gasteiger partial charge in [0.2, 0.25) is 0 Å². The molecule has 1 atom stereocenters. The smallest absolute Gasteiger partial charge is 0.304 e. The fraction of sp³-hybridized carbons (Fsp3) is 0.417. The van der Waals surface area contributed by atoms with Crippen LogP contribution in [0.1, 0.15) is 29.0 Å². The van der Waals surface area contributed by atoms with Crippen LogP contribution in [0.2, 0.25) is 0 Å². The molecule has 0 fully saturated rings. The first kappa shape index (κ1) is 12.6. The van der Waals surface area contributed by atoms with Gasteiger partial charge in [-0.25, -0.2) is 4.39 Å². The van der Waals surface area contributed by atoms with Gasteiger partial charge in [0.25, 0.3) is 0 Å². The standard InChI is InChI=1S/C12H16FNO2/c1-7-3-4-10(13)12(8(7)2)9(6-14)5-11(15)16/h3-4,9H,5-6,14H2,1-2H3,(H,15,16). The van der Waals surface area contributed by atoms with Crippen LogP contribution in [0.15, 0.2) is 12.1 Å². The molecule has 0 bridgehead atoms. The Labute approximate surface area is 94.1 Å². The van der Waals surface area contributed by atoms with Crippen molar-refractivity contribution in [2.45, 2.75) is 26.2 Å². The minimum Gasteiger partial charge on any atom is -0.481 e. The number of carboxylic acids is 1. The van der Waals surface area contributed by atoms with Crippen LogP contribution in [0.25, 0.3) is 0 Å². The van der Waals surface area contributed by atoms with E-state index in [2.05, 4.69) is 0 Å². The van der Waals surface area contributed by atoms with E-state index in [-0.39, 0.29) is 18.8 Å². The maximum absolute atomic E-state index is 13.7. The average Bonchev–Trinajstić information content (AvgIpc) is 2.22. The lowest BCUT2D eigenvalue weighted by Crippen LogP contribution is -2.19. The normalized spacial score (nSPS) is 12.5. The van der Waals surface area contributed by atoms with Crippen molar-refractivity contribution in [3.05, 3.63) is 34.6 Å². The maximum atomic E-state index is 13.7. The summed E-state index contributed by atoms with van der Waals surface area (Å²) in [6, 6.07) is 3.05. The number of halogens is 1. The average molecular weight is 225 g/mol. The number of nitrogens with two attached hydrogens (primary N) is 1. The summed E-state index contributed by atoms with van der Waals surface area (Å²) in [6.45, 7) is 3.79. The largest absolute Gasteiger partial charge is 0.481 e. The van der Waals surface area contributed by atoms with Gasteiger partial charge in [0, 0.05) is 5.92 Å². The fourth-order valence-electron chi connectivity index (χ4n) is 1.82. The third-order valence-electron chi connectivity index (χ3n) is 2.85. The van der Waals surface area contributed by atoms with Gasteiger partial charge in [-0.1, -0.05) is 6.07 Å². The molecule has 1 rings (SSSR count). The molecule has 0 amide bonds. The molecule has 3 N–H and O–H groups in total. The quantitative estimate of drug-likeness (QED) is 0.823. The molecule has 0 spiro atoms. The van der Waals surface area contributed by atoms with E-state index in [1.54, 1.807) is 13.0 Å². The number of aliphatic carboxylic acids is 1. The predicted molar refractivity (Wildman–Crippen MR) is 59.9 cm³/mol. The maximum Gasteiger partial charge on any atom is 0.304 e. The Bertz CT molecular complexity index is 404. The molecule has 16 heavy (non-hydrogen) atoms. The molecule has 1 aromatic rings. The Morgan fingerprint density at radius 3 is 2.62 bits per heavy atom. The van der Waals surface area contributed by atoms with Crippen molar-refractivity contribution in [1.82, 2.24) is 0 Å². The zero-order valence-corrected chi connectivity index (χ0v) is 9.46. The molecular formula is C12H16FNO2. The van der Waals surface area contributed by atoms with Crippen LogP contribution < -0.4 is 5.73 Å². The van der Waals surface area contributed by atoms with Crippen molar-refractivity contribution in [2.75, 3.05) is 6.54 Å². The van der Waals surface area contributed by atoms with E-state index in [1.807, 2.05) is 6.92 Å². The van der Waals surface area contributed by atoms with Crippen LogP contribution in [0.5, 0.6) is 0 Å². The number of benzene rings is 1. The number of aryl methyl sites for hydroxylation is 1. The second-order valence-corrected chi connectivity index (χ2v) is 3.93. The van der Waals surface area contributed by atoms with Crippen LogP contribution in [0.4, 0.5) is 4.39 Å². The van der Waals surface area contributed by atoms with Crippen molar-refractivity contribution in [2.24, 2.45) is 5.73 Å². The van der Waals surface area contributed by atoms with Crippen molar-refractivity contribution in [3.63, 3.8) is 0 Å². The van der Waals surface area contributed by atoms with E-state index in [0.717, 1.165) is 11.1 Å². The summed E-state index contributed by atoms with van der Waals surface area (Å²) >= 11 is 0. The lowest BCUT2D eigenvalue weighted by molar-refractivity contribution is -0.137. The van der Waals surface area contributed by atoms with Gasteiger partial charge in [0.15, 0.2) is 0 Å². The SMILES string of the molecule is Cc1ccc(F)c(C(CN)CC(=O)O)c1C. The molecule has 1 unspecified atom stereocenters. The second kappa shape index (κ2) is 5.07. The van der Waals surface area contributed by atoms with Crippen LogP contribution >= 0.6 is 0 Å². The van der Waals surface area contributed by atoms with Gasteiger partial charge < -0.3 is 10.8 Å². The zero-order valence-electron chi connectivity index (χ0n) is 9.46. The molecule has 0 aliphatic heterocycles. The van der Waals surface area contributed by atoms with Crippen LogP contribution in [0, 0.1) is 19.7 Å². The number of hydrogen-bond acceptors (Lipinski definition) is 2. The summed E-state index contributed by atoms with van der Waals surface area (Å²) in [6.07, 6.45) is -0.141. The minimum atomic E-state index is -0.962. The highest BCUT2D eigenvalue weighted by atomic mass is 19.1. The van der Waals surface area contributed by atoms with Crippen LogP contribution in [-0.4, -0.2) is 17.6 Å². The van der Waals surface area contributed by atoms with Crippen molar-refractivity contribution < 1.29 is 14.3 Å². The van der Waals surface area contributed by atoms with E-state index < -0.39 is 11.9 Å². The first-order valence-corrected chi connectivity index (χ1v) is 5.14. The van der Waals surface area contributed by atoms with Crippen molar-refractivity contribution in [1.29, 1.82) is 0 Å². The molecule has 0 heterocycles. The highest BCUT2D eigenvalue weighted by molar-refractivity contribution is 5.68. The lowest BCUT2D eigenvalue weighted by Gasteiger charge is -2.18. The Balaban J connectivity index is 3.18. The summed E-state index contributed by atoms with van der Waals surface area (Å²) < 4.78 is 13.7. The van der Waals surface area contributed by atoms with Crippen molar-refractivity contribution >= 4 is 5.97 Å². The van der Waals surface area contributed by atoms with Gasteiger partial charge in [-0.3, -0.25) is 4.79 Å². The lowest BCUT2D eigenvalue weighted by atomic mass is 9.89. The van der Waals surface area contributed by atoms with E-state index in [4.69, 9.17) is 10.8 Å². The number of carbonyl (C=O) groups is 1. The monoisotopic (exact) mass is 225 g/mol. The van der Waals surface area contributed by atoms with E-state index >= 15 is 0 Å². The van der Waals surface area contributed by atoms with E-state index in [9.17, 15) is 9.18 Å². The molecule has 1 aromatic carbocycles. The van der Waals surface area contributed by atoms with Gasteiger partial charge >= 0.3 is 5.97 Å². The molecule has 0 aliphatic carbocycles. The van der Waals surface area contributed by atoms with Gasteiger partial charge in [-0.15, -0.1) is 0 Å². The topological polar surface area (TPSA) is 63.3 Å². The highest BCUT2D eigenvalue weighted by Gasteiger charge is 2.20. The summed E-state index contributed by atoms with van der Waals surface area (Å²) in [5, 5.41) is 8.75. The van der Waals surface area contributed by atoms with E-state index in [1.165, 1.54) is 6.07 Å².